The summed E-state index contributed by atoms with van der Waals surface area (Å²) < 4.78 is 1.43. The third kappa shape index (κ3) is 2.38. The molecule has 1 fully saturated rings. The molecule has 2 atom stereocenters. The Morgan fingerprint density at radius 2 is 2.14 bits per heavy atom. The predicted octanol–water partition coefficient (Wildman–Crippen LogP) is 0.850. The molecule has 0 unspecified atom stereocenters. The van der Waals surface area contributed by atoms with Crippen molar-refractivity contribution in [1.82, 2.24) is 14.9 Å². The van der Waals surface area contributed by atoms with Crippen LogP contribution >= 0.6 is 0 Å². The van der Waals surface area contributed by atoms with Crippen LogP contribution in [0.3, 0.4) is 0 Å². The topological polar surface area (TPSA) is 104 Å². The van der Waals surface area contributed by atoms with E-state index >= 15 is 0 Å². The van der Waals surface area contributed by atoms with Crippen molar-refractivity contribution >= 4 is 22.9 Å². The first kappa shape index (κ1) is 14.4. The molecule has 1 aliphatic carbocycles. The largest absolute Gasteiger partial charge is 0.481 e. The highest BCUT2D eigenvalue weighted by Crippen LogP contribution is 2.26. The van der Waals surface area contributed by atoms with E-state index in [0.717, 1.165) is 6.42 Å². The number of aryl methyl sites for hydroxylation is 1. The molecular formula is C15H17N3O4. The van der Waals surface area contributed by atoms with E-state index in [1.807, 2.05) is 0 Å². The van der Waals surface area contributed by atoms with Gasteiger partial charge in [0.2, 0.25) is 0 Å². The number of aliphatic carboxylic acids is 1. The maximum atomic E-state index is 12.3. The third-order valence-corrected chi connectivity index (χ3v) is 4.32. The Hall–Kier alpha value is -2.57. The van der Waals surface area contributed by atoms with Crippen LogP contribution < -0.4 is 11.0 Å². The average Bonchev–Trinajstić information content (AvgIpc) is 3.04. The van der Waals surface area contributed by atoms with Gasteiger partial charge in [-0.1, -0.05) is 6.42 Å². The summed E-state index contributed by atoms with van der Waals surface area (Å²) in [5.74, 6) is -1.70. The lowest BCUT2D eigenvalue weighted by Crippen LogP contribution is -2.40. The van der Waals surface area contributed by atoms with E-state index < -0.39 is 11.9 Å². The zero-order chi connectivity index (χ0) is 15.9. The van der Waals surface area contributed by atoms with Gasteiger partial charge in [-0.15, -0.1) is 0 Å². The molecule has 1 amide bonds. The zero-order valence-corrected chi connectivity index (χ0v) is 12.1. The Morgan fingerprint density at radius 3 is 2.86 bits per heavy atom. The second-order valence-corrected chi connectivity index (χ2v) is 5.68. The first-order valence-corrected chi connectivity index (χ1v) is 7.20. The summed E-state index contributed by atoms with van der Waals surface area (Å²) in [5, 5.41) is 12.0. The molecule has 7 heteroatoms. The fraction of sp³-hybridized carbons (Fsp3) is 0.400. The van der Waals surface area contributed by atoms with Crippen molar-refractivity contribution in [3.63, 3.8) is 0 Å². The molecule has 1 aromatic heterocycles. The van der Waals surface area contributed by atoms with Crippen LogP contribution in [-0.4, -0.2) is 32.6 Å². The molecule has 0 aliphatic heterocycles. The molecule has 1 saturated carbocycles. The second-order valence-electron chi connectivity index (χ2n) is 5.68. The van der Waals surface area contributed by atoms with Gasteiger partial charge in [0.1, 0.15) is 0 Å². The van der Waals surface area contributed by atoms with Crippen LogP contribution in [-0.2, 0) is 11.8 Å². The molecule has 22 heavy (non-hydrogen) atoms. The molecule has 7 nitrogen and oxygen atoms in total. The maximum Gasteiger partial charge on any atom is 0.326 e. The molecule has 0 saturated heterocycles. The third-order valence-electron chi connectivity index (χ3n) is 4.32. The van der Waals surface area contributed by atoms with E-state index in [9.17, 15) is 14.4 Å². The van der Waals surface area contributed by atoms with Crippen molar-refractivity contribution in [2.45, 2.75) is 25.3 Å². The van der Waals surface area contributed by atoms with Gasteiger partial charge in [0.05, 0.1) is 17.0 Å². The van der Waals surface area contributed by atoms with Gasteiger partial charge in [0, 0.05) is 18.7 Å². The molecule has 0 bridgehead atoms. The number of benzene rings is 1. The fourth-order valence-electron chi connectivity index (χ4n) is 3.04. The molecule has 1 aliphatic rings. The highest BCUT2D eigenvalue weighted by molar-refractivity contribution is 5.97. The summed E-state index contributed by atoms with van der Waals surface area (Å²) in [6, 6.07) is 4.59. The van der Waals surface area contributed by atoms with Gasteiger partial charge >= 0.3 is 11.7 Å². The number of carbonyl (C=O) groups is 2. The Kier molecular flexibility index (Phi) is 3.48. The van der Waals surface area contributed by atoms with Crippen LogP contribution in [0.5, 0.6) is 0 Å². The van der Waals surface area contributed by atoms with E-state index in [1.54, 1.807) is 25.2 Å². The molecule has 1 heterocycles. The Morgan fingerprint density at radius 1 is 1.36 bits per heavy atom. The van der Waals surface area contributed by atoms with Crippen LogP contribution in [0.4, 0.5) is 0 Å². The summed E-state index contributed by atoms with van der Waals surface area (Å²) >= 11 is 0. The van der Waals surface area contributed by atoms with Gasteiger partial charge < -0.3 is 15.4 Å². The average molecular weight is 303 g/mol. The Balaban J connectivity index is 1.84. The van der Waals surface area contributed by atoms with Gasteiger partial charge in [-0.05, 0) is 31.0 Å². The van der Waals surface area contributed by atoms with Crippen molar-refractivity contribution in [2.24, 2.45) is 13.0 Å². The van der Waals surface area contributed by atoms with Crippen LogP contribution in [0.15, 0.2) is 23.0 Å². The van der Waals surface area contributed by atoms with Crippen molar-refractivity contribution in [2.75, 3.05) is 0 Å². The number of rotatable bonds is 3. The monoisotopic (exact) mass is 303 g/mol. The predicted molar refractivity (Wildman–Crippen MR) is 79.8 cm³/mol. The van der Waals surface area contributed by atoms with Crippen LogP contribution in [0, 0.1) is 5.92 Å². The van der Waals surface area contributed by atoms with Gasteiger partial charge in [-0.25, -0.2) is 4.79 Å². The van der Waals surface area contributed by atoms with E-state index in [1.165, 1.54) is 4.57 Å². The molecule has 116 valence electrons. The molecule has 3 rings (SSSR count). The van der Waals surface area contributed by atoms with Gasteiger partial charge in [0.25, 0.3) is 5.91 Å². The Labute approximate surface area is 125 Å². The van der Waals surface area contributed by atoms with Crippen LogP contribution in [0.1, 0.15) is 29.6 Å². The molecule has 3 N–H and O–H groups in total. The summed E-state index contributed by atoms with van der Waals surface area (Å²) in [6.45, 7) is 0. The minimum Gasteiger partial charge on any atom is -0.481 e. The number of hydrogen-bond acceptors (Lipinski definition) is 3. The van der Waals surface area contributed by atoms with Crippen molar-refractivity contribution in [1.29, 1.82) is 0 Å². The van der Waals surface area contributed by atoms with E-state index in [2.05, 4.69) is 10.3 Å². The number of H-pyrrole nitrogens is 1. The first-order chi connectivity index (χ1) is 10.5. The quantitative estimate of drug-likeness (QED) is 0.782. The van der Waals surface area contributed by atoms with Gasteiger partial charge in [-0.3, -0.25) is 14.2 Å². The highest BCUT2D eigenvalue weighted by Gasteiger charge is 2.34. The fourth-order valence-corrected chi connectivity index (χ4v) is 3.04. The first-order valence-electron chi connectivity index (χ1n) is 7.20. The van der Waals surface area contributed by atoms with E-state index in [4.69, 9.17) is 5.11 Å². The summed E-state index contributed by atoms with van der Waals surface area (Å²) in [5.41, 5.74) is 1.47. The standard InChI is InChI=1S/C15H17N3O4/c1-18-12-7-8(5-6-11(12)17-15(18)22)13(19)16-10-4-2-3-9(10)14(20)21/h5-7,9-10H,2-4H2,1H3,(H,16,19)(H,17,22)(H,20,21)/t9-,10+/m0/s1. The summed E-state index contributed by atoms with van der Waals surface area (Å²) in [6.07, 6.45) is 2.06. The molecule has 0 spiro atoms. The number of aromatic amines is 1. The Bertz CT molecular complexity index is 805. The zero-order valence-electron chi connectivity index (χ0n) is 12.1. The molecule has 1 aromatic carbocycles. The number of hydrogen-bond donors (Lipinski definition) is 3. The number of nitrogens with one attached hydrogen (secondary N) is 2. The lowest BCUT2D eigenvalue weighted by Gasteiger charge is -2.17. The number of carboxylic acid groups (broad SMARTS) is 1. The normalized spacial score (nSPS) is 21.1. The van der Waals surface area contributed by atoms with E-state index in [-0.39, 0.29) is 17.6 Å². The SMILES string of the molecule is Cn1c(=O)[nH]c2ccc(C(=O)N[C@@H]3CCC[C@@H]3C(=O)O)cc21. The van der Waals surface area contributed by atoms with Gasteiger partial charge in [-0.2, -0.15) is 0 Å². The lowest BCUT2D eigenvalue weighted by atomic mass is 10.0. The second kappa shape index (κ2) is 5.32. The minimum absolute atomic E-state index is 0.241. The molecule has 2 aromatic rings. The number of carboxylic acids is 1. The highest BCUT2D eigenvalue weighted by atomic mass is 16.4. The van der Waals surface area contributed by atoms with Crippen molar-refractivity contribution in [3.8, 4) is 0 Å². The molecular weight excluding hydrogens is 286 g/mol. The summed E-state index contributed by atoms with van der Waals surface area (Å²) in [7, 11) is 1.63. The van der Waals surface area contributed by atoms with Crippen LogP contribution in [0.2, 0.25) is 0 Å². The number of amides is 1. The van der Waals surface area contributed by atoms with Crippen molar-refractivity contribution < 1.29 is 14.7 Å². The van der Waals surface area contributed by atoms with E-state index in [0.29, 0.717) is 29.4 Å². The number of carbonyl (C=O) groups excluding carboxylic acids is 1. The molecule has 0 radical (unpaired) electrons. The minimum atomic E-state index is -0.869. The summed E-state index contributed by atoms with van der Waals surface area (Å²) in [4.78, 5) is 37.7. The number of fused-ring (bicyclic) bond motifs is 1. The van der Waals surface area contributed by atoms with Crippen molar-refractivity contribution in [3.05, 3.63) is 34.2 Å². The van der Waals surface area contributed by atoms with Gasteiger partial charge in [0.15, 0.2) is 0 Å². The number of nitrogens with zero attached hydrogens (tertiary/aromatic N) is 1. The maximum absolute atomic E-state index is 12.3. The smallest absolute Gasteiger partial charge is 0.326 e. The number of imidazole rings is 1. The van der Waals surface area contributed by atoms with Crippen LogP contribution in [0.25, 0.3) is 11.0 Å². The number of aromatic nitrogens is 2. The lowest BCUT2D eigenvalue weighted by molar-refractivity contribution is -0.142.